The van der Waals surface area contributed by atoms with Crippen LogP contribution in [0.4, 0.5) is 13.2 Å². The number of halogens is 3. The van der Waals surface area contributed by atoms with Gasteiger partial charge in [-0.1, -0.05) is 13.8 Å². The van der Waals surface area contributed by atoms with Gasteiger partial charge in [0.2, 0.25) is 0 Å². The van der Waals surface area contributed by atoms with Crippen molar-refractivity contribution in [2.75, 3.05) is 13.1 Å². The van der Waals surface area contributed by atoms with Crippen LogP contribution < -0.4 is 0 Å². The summed E-state index contributed by atoms with van der Waals surface area (Å²) in [6, 6.07) is 0.0667. The summed E-state index contributed by atoms with van der Waals surface area (Å²) >= 11 is 0. The maximum atomic E-state index is 12.0. The molecule has 1 N–H and O–H groups in total. The summed E-state index contributed by atoms with van der Waals surface area (Å²) in [7, 11) is 0. The second-order valence-corrected chi connectivity index (χ2v) is 3.40. The molecule has 86 valence electrons. The van der Waals surface area contributed by atoms with Gasteiger partial charge >= 0.3 is 6.18 Å². The molecule has 2 atom stereocenters. The molecule has 14 heavy (non-hydrogen) atoms. The first kappa shape index (κ1) is 13.7. The van der Waals surface area contributed by atoms with Gasteiger partial charge in [-0.2, -0.15) is 13.2 Å². The highest BCUT2D eigenvalue weighted by Crippen LogP contribution is 2.21. The fourth-order valence-electron chi connectivity index (χ4n) is 1.20. The van der Waals surface area contributed by atoms with Crippen LogP contribution >= 0.6 is 0 Å². The molecule has 2 unspecified atom stereocenters. The summed E-state index contributed by atoms with van der Waals surface area (Å²) in [5.74, 6) is 0. The van der Waals surface area contributed by atoms with Crippen LogP contribution in [0.2, 0.25) is 0 Å². The van der Waals surface area contributed by atoms with Crippen molar-refractivity contribution in [2.45, 2.75) is 45.5 Å². The first-order valence-corrected chi connectivity index (χ1v) is 4.81. The minimum Gasteiger partial charge on any atom is -0.382 e. The number of alkyl halides is 3. The van der Waals surface area contributed by atoms with Gasteiger partial charge in [-0.25, -0.2) is 0 Å². The van der Waals surface area contributed by atoms with Crippen molar-refractivity contribution in [1.29, 1.82) is 0 Å². The molecule has 0 aromatic rings. The highest BCUT2D eigenvalue weighted by molar-refractivity contribution is 4.73. The van der Waals surface area contributed by atoms with Crippen LogP contribution in [0.3, 0.4) is 0 Å². The maximum absolute atomic E-state index is 12.0. The number of nitrogens with zero attached hydrogens (tertiary/aromatic N) is 1. The Hall–Kier alpha value is -0.290. The molecule has 5 heteroatoms. The number of hydrogen-bond acceptors (Lipinski definition) is 2. The molecule has 0 spiro atoms. The zero-order valence-corrected chi connectivity index (χ0v) is 8.80. The maximum Gasteiger partial charge on any atom is 0.415 e. The van der Waals surface area contributed by atoms with E-state index in [1.165, 1.54) is 0 Å². The number of rotatable bonds is 5. The predicted molar refractivity (Wildman–Crippen MR) is 49.1 cm³/mol. The van der Waals surface area contributed by atoms with Gasteiger partial charge in [-0.3, -0.25) is 4.90 Å². The monoisotopic (exact) mass is 213 g/mol. The molecule has 2 nitrogen and oxygen atoms in total. The second-order valence-electron chi connectivity index (χ2n) is 3.40. The minimum atomic E-state index is -4.51. The Morgan fingerprint density at radius 2 is 1.79 bits per heavy atom. The van der Waals surface area contributed by atoms with Crippen molar-refractivity contribution in [3.8, 4) is 0 Å². The van der Waals surface area contributed by atoms with Crippen LogP contribution in [0.5, 0.6) is 0 Å². The zero-order chi connectivity index (χ0) is 11.4. The van der Waals surface area contributed by atoms with E-state index in [2.05, 4.69) is 0 Å². The average Bonchev–Trinajstić information content (AvgIpc) is 2.10. The highest BCUT2D eigenvalue weighted by Gasteiger charge is 2.39. The molecule has 0 aliphatic rings. The molecule has 0 radical (unpaired) electrons. The van der Waals surface area contributed by atoms with Crippen LogP contribution in [0.25, 0.3) is 0 Å². The molecule has 0 aromatic heterocycles. The molecule has 0 aliphatic carbocycles. The smallest absolute Gasteiger partial charge is 0.382 e. The molecule has 0 amide bonds. The van der Waals surface area contributed by atoms with E-state index in [-0.39, 0.29) is 12.6 Å². The van der Waals surface area contributed by atoms with E-state index in [0.717, 1.165) is 6.42 Å². The molecular formula is C9H18F3NO. The van der Waals surface area contributed by atoms with Crippen molar-refractivity contribution in [3.05, 3.63) is 0 Å². The van der Waals surface area contributed by atoms with E-state index in [0.29, 0.717) is 6.54 Å². The van der Waals surface area contributed by atoms with E-state index in [1.807, 2.05) is 13.8 Å². The summed E-state index contributed by atoms with van der Waals surface area (Å²) in [6.07, 6.45) is -5.98. The van der Waals surface area contributed by atoms with Gasteiger partial charge in [0.15, 0.2) is 6.10 Å². The van der Waals surface area contributed by atoms with Gasteiger partial charge in [-0.05, 0) is 19.9 Å². The third kappa shape index (κ3) is 4.28. The van der Waals surface area contributed by atoms with Crippen molar-refractivity contribution < 1.29 is 18.3 Å². The normalized spacial score (nSPS) is 17.1. The molecule has 0 fully saturated rings. The van der Waals surface area contributed by atoms with E-state index in [9.17, 15) is 13.2 Å². The van der Waals surface area contributed by atoms with E-state index >= 15 is 0 Å². The molecular weight excluding hydrogens is 195 g/mol. The first-order chi connectivity index (χ1) is 6.32. The Labute approximate surface area is 82.7 Å². The number of hydrogen-bond donors (Lipinski definition) is 1. The zero-order valence-electron chi connectivity index (χ0n) is 8.80. The quantitative estimate of drug-likeness (QED) is 0.755. The number of aliphatic hydroxyl groups excluding tert-OH is 1. The van der Waals surface area contributed by atoms with Crippen molar-refractivity contribution in [1.82, 2.24) is 4.90 Å². The average molecular weight is 213 g/mol. The lowest BCUT2D eigenvalue weighted by Crippen LogP contribution is -2.44. The fourth-order valence-corrected chi connectivity index (χ4v) is 1.20. The largest absolute Gasteiger partial charge is 0.415 e. The molecule has 0 saturated heterocycles. The summed E-state index contributed by atoms with van der Waals surface area (Å²) in [5, 5.41) is 8.86. The number of aliphatic hydroxyl groups is 1. The SMILES string of the molecule is CCC(C)N(CC)CC(O)C(F)(F)F. The summed E-state index contributed by atoms with van der Waals surface area (Å²) in [6.45, 7) is 5.73. The summed E-state index contributed by atoms with van der Waals surface area (Å²) < 4.78 is 36.1. The second kappa shape index (κ2) is 5.56. The van der Waals surface area contributed by atoms with Crippen molar-refractivity contribution >= 4 is 0 Å². The fraction of sp³-hybridized carbons (Fsp3) is 1.00. The highest BCUT2D eigenvalue weighted by atomic mass is 19.4. The van der Waals surface area contributed by atoms with Crippen LogP contribution in [0.15, 0.2) is 0 Å². The minimum absolute atomic E-state index is 0.0667. The Kier molecular flexibility index (Phi) is 5.44. The molecule has 0 aromatic carbocycles. The van der Waals surface area contributed by atoms with Gasteiger partial charge in [0.05, 0.1) is 0 Å². The standard InChI is InChI=1S/C9H18F3NO/c1-4-7(3)13(5-2)6-8(14)9(10,11)12/h7-8,14H,4-6H2,1-3H3. The molecule has 0 heterocycles. The van der Waals surface area contributed by atoms with Crippen LogP contribution in [-0.2, 0) is 0 Å². The van der Waals surface area contributed by atoms with Gasteiger partial charge in [0.25, 0.3) is 0 Å². The van der Waals surface area contributed by atoms with Crippen LogP contribution in [0.1, 0.15) is 27.2 Å². The third-order valence-electron chi connectivity index (χ3n) is 2.41. The third-order valence-corrected chi connectivity index (χ3v) is 2.41. The molecule has 0 bridgehead atoms. The Bertz CT molecular complexity index is 161. The molecule has 0 aliphatic heterocycles. The van der Waals surface area contributed by atoms with Gasteiger partial charge in [0, 0.05) is 12.6 Å². The Balaban J connectivity index is 4.18. The van der Waals surface area contributed by atoms with Gasteiger partial charge in [0.1, 0.15) is 0 Å². The molecule has 0 saturated carbocycles. The lowest BCUT2D eigenvalue weighted by atomic mass is 10.2. The van der Waals surface area contributed by atoms with Gasteiger partial charge in [-0.15, -0.1) is 0 Å². The lowest BCUT2D eigenvalue weighted by Gasteiger charge is -2.29. The van der Waals surface area contributed by atoms with Crippen molar-refractivity contribution in [3.63, 3.8) is 0 Å². The topological polar surface area (TPSA) is 23.5 Å². The lowest BCUT2D eigenvalue weighted by molar-refractivity contribution is -0.209. The first-order valence-electron chi connectivity index (χ1n) is 4.81. The Morgan fingerprint density at radius 1 is 1.29 bits per heavy atom. The Morgan fingerprint density at radius 3 is 2.07 bits per heavy atom. The van der Waals surface area contributed by atoms with E-state index in [4.69, 9.17) is 5.11 Å². The van der Waals surface area contributed by atoms with Crippen molar-refractivity contribution in [2.24, 2.45) is 0 Å². The van der Waals surface area contributed by atoms with E-state index in [1.54, 1.807) is 11.8 Å². The van der Waals surface area contributed by atoms with Crippen LogP contribution in [0, 0.1) is 0 Å². The molecule has 0 rings (SSSR count). The predicted octanol–water partition coefficient (Wildman–Crippen LogP) is 2.03. The van der Waals surface area contributed by atoms with Crippen LogP contribution in [-0.4, -0.2) is 41.4 Å². The van der Waals surface area contributed by atoms with E-state index < -0.39 is 12.3 Å². The number of likely N-dealkylation sites (N-methyl/N-ethyl adjacent to an activating group) is 1. The van der Waals surface area contributed by atoms with Gasteiger partial charge < -0.3 is 5.11 Å². The summed E-state index contributed by atoms with van der Waals surface area (Å²) in [5.41, 5.74) is 0. The summed E-state index contributed by atoms with van der Waals surface area (Å²) in [4.78, 5) is 1.62.